The molecule has 5 heteroatoms. The molecule has 0 spiro atoms. The first-order valence-corrected chi connectivity index (χ1v) is 7.25. The number of carbonyl (C=O) groups excluding carboxylic acids is 1. The Balaban J connectivity index is 2.22. The first-order valence-electron chi connectivity index (χ1n) is 7.25. The molecule has 2 aromatic rings. The topological polar surface area (TPSA) is 44.7 Å². The van der Waals surface area contributed by atoms with Crippen LogP contribution in [0.25, 0.3) is 0 Å². The smallest absolute Gasteiger partial charge is 0.255 e. The molecule has 0 saturated carbocycles. The van der Waals surface area contributed by atoms with Crippen molar-refractivity contribution in [2.75, 3.05) is 19.4 Å². The predicted octanol–water partition coefficient (Wildman–Crippen LogP) is 3.92. The molecule has 0 heterocycles. The lowest BCUT2D eigenvalue weighted by Gasteiger charge is -2.12. The number of nitrogens with zero attached hydrogens (tertiary/aromatic N) is 2. The van der Waals surface area contributed by atoms with Gasteiger partial charge in [-0.3, -0.25) is 4.79 Å². The molecule has 0 atom stereocenters. The maximum absolute atomic E-state index is 12.9. The Morgan fingerprint density at radius 2 is 1.78 bits per heavy atom. The number of halogens is 1. The van der Waals surface area contributed by atoms with Gasteiger partial charge in [-0.1, -0.05) is 0 Å². The molecule has 0 bridgehead atoms. The molecule has 1 amide bonds. The van der Waals surface area contributed by atoms with Gasteiger partial charge in [0.15, 0.2) is 0 Å². The van der Waals surface area contributed by atoms with Gasteiger partial charge in [0.05, 0.1) is 12.0 Å². The predicted molar refractivity (Wildman–Crippen MR) is 92.1 cm³/mol. The van der Waals surface area contributed by atoms with E-state index in [-0.39, 0.29) is 11.7 Å². The summed E-state index contributed by atoms with van der Waals surface area (Å²) >= 11 is 0. The zero-order valence-electron chi connectivity index (χ0n) is 13.7. The maximum atomic E-state index is 12.9. The Kier molecular flexibility index (Phi) is 5.11. The van der Waals surface area contributed by atoms with Gasteiger partial charge in [-0.05, 0) is 61.4 Å². The van der Waals surface area contributed by atoms with Gasteiger partial charge in [0.1, 0.15) is 5.82 Å². The minimum absolute atomic E-state index is 0.267. The monoisotopic (exact) mass is 313 g/mol. The molecule has 0 radical (unpaired) electrons. The van der Waals surface area contributed by atoms with Crippen molar-refractivity contribution in [1.29, 1.82) is 0 Å². The average Bonchev–Trinajstić information content (AvgIpc) is 2.49. The lowest BCUT2D eigenvalue weighted by atomic mass is 10.1. The number of hydrogen-bond donors (Lipinski definition) is 1. The SMILES string of the molecule is Cc1cc(NC(=O)c2ccc(F)cc2)c(C)cc1N=CN(C)C. The summed E-state index contributed by atoms with van der Waals surface area (Å²) in [6.45, 7) is 3.85. The van der Waals surface area contributed by atoms with E-state index in [4.69, 9.17) is 0 Å². The van der Waals surface area contributed by atoms with Crippen LogP contribution in [-0.4, -0.2) is 31.2 Å². The normalized spacial score (nSPS) is 10.8. The van der Waals surface area contributed by atoms with E-state index in [2.05, 4.69) is 10.3 Å². The third-order valence-electron chi connectivity index (χ3n) is 3.33. The number of anilines is 1. The molecule has 1 N–H and O–H groups in total. The molecule has 0 fully saturated rings. The third kappa shape index (κ3) is 4.39. The molecule has 0 unspecified atom stereocenters. The molecule has 0 saturated heterocycles. The molecular weight excluding hydrogens is 293 g/mol. The van der Waals surface area contributed by atoms with Crippen molar-refractivity contribution >= 4 is 23.6 Å². The fourth-order valence-electron chi connectivity index (χ4n) is 2.05. The van der Waals surface area contributed by atoms with Crippen LogP contribution in [0, 0.1) is 19.7 Å². The summed E-state index contributed by atoms with van der Waals surface area (Å²) in [4.78, 5) is 18.5. The van der Waals surface area contributed by atoms with Crippen LogP contribution in [-0.2, 0) is 0 Å². The quantitative estimate of drug-likeness (QED) is 0.687. The van der Waals surface area contributed by atoms with Crippen LogP contribution in [0.15, 0.2) is 41.4 Å². The van der Waals surface area contributed by atoms with Crippen molar-refractivity contribution in [2.24, 2.45) is 4.99 Å². The van der Waals surface area contributed by atoms with Crippen LogP contribution in [0.3, 0.4) is 0 Å². The van der Waals surface area contributed by atoms with E-state index >= 15 is 0 Å². The van der Waals surface area contributed by atoms with E-state index in [1.807, 2.05) is 45.0 Å². The zero-order valence-corrected chi connectivity index (χ0v) is 13.7. The molecule has 2 rings (SSSR count). The van der Waals surface area contributed by atoms with Crippen LogP contribution in [0.5, 0.6) is 0 Å². The fraction of sp³-hybridized carbons (Fsp3) is 0.222. The molecule has 120 valence electrons. The Labute approximate surface area is 135 Å². The Hall–Kier alpha value is -2.69. The lowest BCUT2D eigenvalue weighted by Crippen LogP contribution is -2.13. The van der Waals surface area contributed by atoms with Crippen LogP contribution in [0.1, 0.15) is 21.5 Å². The first kappa shape index (κ1) is 16.7. The van der Waals surface area contributed by atoms with Gasteiger partial charge in [-0.25, -0.2) is 9.38 Å². The van der Waals surface area contributed by atoms with Crippen molar-refractivity contribution in [3.8, 4) is 0 Å². The molecule has 0 aliphatic rings. The van der Waals surface area contributed by atoms with Gasteiger partial charge in [0.2, 0.25) is 0 Å². The highest BCUT2D eigenvalue weighted by atomic mass is 19.1. The second kappa shape index (κ2) is 7.05. The number of aryl methyl sites for hydroxylation is 2. The number of amides is 1. The van der Waals surface area contributed by atoms with Gasteiger partial charge < -0.3 is 10.2 Å². The summed E-state index contributed by atoms with van der Waals surface area (Å²) in [5.74, 6) is -0.631. The second-order valence-electron chi connectivity index (χ2n) is 5.62. The number of hydrogen-bond acceptors (Lipinski definition) is 2. The van der Waals surface area contributed by atoms with Crippen molar-refractivity contribution in [1.82, 2.24) is 4.90 Å². The Bertz CT molecular complexity index is 737. The van der Waals surface area contributed by atoms with Crippen molar-refractivity contribution < 1.29 is 9.18 Å². The van der Waals surface area contributed by atoms with E-state index < -0.39 is 0 Å². The van der Waals surface area contributed by atoms with Crippen molar-refractivity contribution in [3.05, 3.63) is 58.9 Å². The molecular formula is C18H20FN3O. The number of carbonyl (C=O) groups is 1. The third-order valence-corrected chi connectivity index (χ3v) is 3.33. The van der Waals surface area contributed by atoms with Gasteiger partial charge in [0.25, 0.3) is 5.91 Å². The number of benzene rings is 2. The fourth-order valence-corrected chi connectivity index (χ4v) is 2.05. The molecule has 2 aromatic carbocycles. The Morgan fingerprint density at radius 1 is 1.13 bits per heavy atom. The summed E-state index contributed by atoms with van der Waals surface area (Å²) in [5.41, 5.74) is 3.87. The van der Waals surface area contributed by atoms with Crippen molar-refractivity contribution in [3.63, 3.8) is 0 Å². The van der Waals surface area contributed by atoms with E-state index in [0.717, 1.165) is 22.5 Å². The minimum atomic E-state index is -0.364. The molecule has 4 nitrogen and oxygen atoms in total. The van der Waals surface area contributed by atoms with Gasteiger partial charge in [-0.15, -0.1) is 0 Å². The molecule has 23 heavy (non-hydrogen) atoms. The largest absolute Gasteiger partial charge is 0.369 e. The average molecular weight is 313 g/mol. The summed E-state index contributed by atoms with van der Waals surface area (Å²) in [7, 11) is 3.81. The van der Waals surface area contributed by atoms with Crippen LogP contribution >= 0.6 is 0 Å². The number of aliphatic imine (C=N–C) groups is 1. The molecule has 0 aliphatic heterocycles. The van der Waals surface area contributed by atoms with E-state index in [0.29, 0.717) is 5.56 Å². The summed E-state index contributed by atoms with van der Waals surface area (Å²) < 4.78 is 12.9. The zero-order chi connectivity index (χ0) is 17.0. The molecule has 0 aromatic heterocycles. The second-order valence-corrected chi connectivity index (χ2v) is 5.62. The lowest BCUT2D eigenvalue weighted by molar-refractivity contribution is 0.102. The summed E-state index contributed by atoms with van der Waals surface area (Å²) in [6.07, 6.45) is 1.73. The summed E-state index contributed by atoms with van der Waals surface area (Å²) in [6, 6.07) is 9.28. The maximum Gasteiger partial charge on any atom is 0.255 e. The van der Waals surface area contributed by atoms with Crippen LogP contribution in [0.2, 0.25) is 0 Å². The summed E-state index contributed by atoms with van der Waals surface area (Å²) in [5, 5.41) is 2.86. The molecule has 0 aliphatic carbocycles. The number of rotatable bonds is 4. The van der Waals surface area contributed by atoms with E-state index in [9.17, 15) is 9.18 Å². The minimum Gasteiger partial charge on any atom is -0.369 e. The van der Waals surface area contributed by atoms with Crippen LogP contribution < -0.4 is 5.32 Å². The van der Waals surface area contributed by atoms with Gasteiger partial charge in [-0.2, -0.15) is 0 Å². The highest BCUT2D eigenvalue weighted by molar-refractivity contribution is 6.04. The number of nitrogens with one attached hydrogen (secondary N) is 1. The van der Waals surface area contributed by atoms with E-state index in [1.54, 1.807) is 6.34 Å². The highest BCUT2D eigenvalue weighted by Crippen LogP contribution is 2.26. The van der Waals surface area contributed by atoms with Gasteiger partial charge in [0, 0.05) is 25.3 Å². The van der Waals surface area contributed by atoms with Crippen molar-refractivity contribution in [2.45, 2.75) is 13.8 Å². The standard InChI is InChI=1S/C18H20FN3O/c1-12-10-17(13(2)9-16(12)20-11-22(3)4)21-18(23)14-5-7-15(19)8-6-14/h5-11H,1-4H3,(H,21,23). The van der Waals surface area contributed by atoms with Gasteiger partial charge >= 0.3 is 0 Å². The Morgan fingerprint density at radius 3 is 2.39 bits per heavy atom. The highest BCUT2D eigenvalue weighted by Gasteiger charge is 2.10. The van der Waals surface area contributed by atoms with Crippen LogP contribution in [0.4, 0.5) is 15.8 Å². The van der Waals surface area contributed by atoms with E-state index in [1.165, 1.54) is 24.3 Å². The first-order chi connectivity index (χ1) is 10.9.